The van der Waals surface area contributed by atoms with E-state index in [2.05, 4.69) is 5.32 Å². The van der Waals surface area contributed by atoms with Gasteiger partial charge in [0.25, 0.3) is 0 Å². The summed E-state index contributed by atoms with van der Waals surface area (Å²) in [5.41, 5.74) is 0. The standard InChI is InChI=1S/C12H19ClN2O2S2/c1-2-19(16,17)15-5-3-11(4-6-15)14-8-12-7-10(13)9-18-12/h7,9,11,14H,2-6,8H2,1H3. The zero-order chi connectivity index (χ0) is 13.9. The third kappa shape index (κ3) is 4.16. The summed E-state index contributed by atoms with van der Waals surface area (Å²) in [7, 11) is -3.02. The number of hydrogen-bond donors (Lipinski definition) is 1. The van der Waals surface area contributed by atoms with Crippen molar-refractivity contribution in [3.8, 4) is 0 Å². The van der Waals surface area contributed by atoms with Gasteiger partial charge in [-0.25, -0.2) is 12.7 Å². The fourth-order valence-corrected chi connectivity index (χ4v) is 4.37. The summed E-state index contributed by atoms with van der Waals surface area (Å²) in [5.74, 6) is 0.193. The molecule has 1 aliphatic heterocycles. The lowest BCUT2D eigenvalue weighted by molar-refractivity contribution is 0.289. The fraction of sp³-hybridized carbons (Fsp3) is 0.667. The predicted octanol–water partition coefficient (Wildman–Crippen LogP) is 2.31. The molecule has 0 amide bonds. The Balaban J connectivity index is 1.78. The fourth-order valence-electron chi connectivity index (χ4n) is 2.21. The molecule has 0 radical (unpaired) electrons. The normalized spacial score (nSPS) is 18.8. The van der Waals surface area contributed by atoms with E-state index in [0.29, 0.717) is 19.1 Å². The maximum absolute atomic E-state index is 11.7. The van der Waals surface area contributed by atoms with Gasteiger partial charge in [-0.15, -0.1) is 11.3 Å². The molecule has 0 aliphatic carbocycles. The zero-order valence-corrected chi connectivity index (χ0v) is 13.3. The molecule has 2 heterocycles. The molecule has 1 fully saturated rings. The minimum absolute atomic E-state index is 0.193. The summed E-state index contributed by atoms with van der Waals surface area (Å²) in [6.45, 7) is 3.75. The summed E-state index contributed by atoms with van der Waals surface area (Å²) in [5, 5.41) is 6.18. The van der Waals surface area contributed by atoms with E-state index in [9.17, 15) is 8.42 Å². The van der Waals surface area contributed by atoms with Crippen molar-refractivity contribution in [2.75, 3.05) is 18.8 Å². The molecule has 0 spiro atoms. The molecule has 0 aromatic carbocycles. The highest BCUT2D eigenvalue weighted by atomic mass is 35.5. The highest BCUT2D eigenvalue weighted by Crippen LogP contribution is 2.20. The second-order valence-electron chi connectivity index (χ2n) is 4.69. The van der Waals surface area contributed by atoms with E-state index in [0.717, 1.165) is 24.4 Å². The molecule has 1 aliphatic rings. The van der Waals surface area contributed by atoms with Crippen LogP contribution in [0.15, 0.2) is 11.4 Å². The van der Waals surface area contributed by atoms with Gasteiger partial charge in [0.2, 0.25) is 10.0 Å². The molecule has 7 heteroatoms. The Morgan fingerprint density at radius 3 is 2.68 bits per heavy atom. The molecule has 2 rings (SSSR count). The number of piperidine rings is 1. The number of sulfonamides is 1. The molecular weight excluding hydrogens is 304 g/mol. The van der Waals surface area contributed by atoms with Crippen LogP contribution in [-0.4, -0.2) is 37.6 Å². The van der Waals surface area contributed by atoms with Gasteiger partial charge in [0, 0.05) is 35.9 Å². The van der Waals surface area contributed by atoms with E-state index >= 15 is 0 Å². The minimum Gasteiger partial charge on any atom is -0.309 e. The molecule has 0 bridgehead atoms. The van der Waals surface area contributed by atoms with Gasteiger partial charge in [0.1, 0.15) is 0 Å². The van der Waals surface area contributed by atoms with Crippen molar-refractivity contribution in [3.05, 3.63) is 21.3 Å². The number of halogens is 1. The van der Waals surface area contributed by atoms with Crippen LogP contribution >= 0.6 is 22.9 Å². The van der Waals surface area contributed by atoms with Crippen LogP contribution in [0.2, 0.25) is 5.02 Å². The van der Waals surface area contributed by atoms with E-state index in [4.69, 9.17) is 11.6 Å². The van der Waals surface area contributed by atoms with Crippen LogP contribution in [0.4, 0.5) is 0 Å². The molecule has 0 saturated carbocycles. The van der Waals surface area contributed by atoms with E-state index in [-0.39, 0.29) is 5.75 Å². The minimum atomic E-state index is -3.02. The van der Waals surface area contributed by atoms with Crippen molar-refractivity contribution in [2.24, 2.45) is 0 Å². The maximum Gasteiger partial charge on any atom is 0.213 e. The van der Waals surface area contributed by atoms with Crippen LogP contribution in [0.3, 0.4) is 0 Å². The van der Waals surface area contributed by atoms with Crippen LogP contribution < -0.4 is 5.32 Å². The first-order chi connectivity index (χ1) is 9.01. The molecule has 0 atom stereocenters. The average molecular weight is 323 g/mol. The Bertz CT molecular complexity index is 508. The van der Waals surface area contributed by atoms with Gasteiger partial charge in [-0.1, -0.05) is 11.6 Å². The van der Waals surface area contributed by atoms with Crippen molar-refractivity contribution in [2.45, 2.75) is 32.4 Å². The Hall–Kier alpha value is -0.140. The first kappa shape index (κ1) is 15.3. The summed E-state index contributed by atoms with van der Waals surface area (Å²) >= 11 is 7.52. The summed E-state index contributed by atoms with van der Waals surface area (Å²) in [6.07, 6.45) is 1.75. The van der Waals surface area contributed by atoms with E-state index < -0.39 is 10.0 Å². The van der Waals surface area contributed by atoms with Gasteiger partial charge in [0.05, 0.1) is 10.8 Å². The van der Waals surface area contributed by atoms with Crippen molar-refractivity contribution in [1.29, 1.82) is 0 Å². The highest BCUT2D eigenvalue weighted by molar-refractivity contribution is 7.89. The van der Waals surface area contributed by atoms with Gasteiger partial charge in [-0.05, 0) is 25.8 Å². The molecule has 108 valence electrons. The van der Waals surface area contributed by atoms with Crippen molar-refractivity contribution in [1.82, 2.24) is 9.62 Å². The van der Waals surface area contributed by atoms with Gasteiger partial charge in [-0.3, -0.25) is 0 Å². The monoisotopic (exact) mass is 322 g/mol. The lowest BCUT2D eigenvalue weighted by Gasteiger charge is -2.31. The zero-order valence-electron chi connectivity index (χ0n) is 10.9. The van der Waals surface area contributed by atoms with Crippen LogP contribution in [0.25, 0.3) is 0 Å². The van der Waals surface area contributed by atoms with Gasteiger partial charge in [-0.2, -0.15) is 0 Å². The van der Waals surface area contributed by atoms with E-state index in [1.165, 1.54) is 4.88 Å². The second-order valence-corrected chi connectivity index (χ2v) is 8.38. The topological polar surface area (TPSA) is 49.4 Å². The molecule has 0 unspecified atom stereocenters. The SMILES string of the molecule is CCS(=O)(=O)N1CCC(NCc2cc(Cl)cs2)CC1. The van der Waals surface area contributed by atoms with E-state index in [1.807, 2.05) is 11.4 Å². The molecule has 1 saturated heterocycles. The molecule has 1 N–H and O–H groups in total. The van der Waals surface area contributed by atoms with Crippen molar-refractivity contribution in [3.63, 3.8) is 0 Å². The van der Waals surface area contributed by atoms with Crippen molar-refractivity contribution < 1.29 is 8.42 Å². The van der Waals surface area contributed by atoms with Crippen molar-refractivity contribution >= 4 is 33.0 Å². The number of rotatable bonds is 5. The highest BCUT2D eigenvalue weighted by Gasteiger charge is 2.26. The number of thiophene rings is 1. The number of nitrogens with zero attached hydrogens (tertiary/aromatic N) is 1. The van der Waals surface area contributed by atoms with Gasteiger partial charge < -0.3 is 5.32 Å². The van der Waals surface area contributed by atoms with Crippen LogP contribution in [-0.2, 0) is 16.6 Å². The Kier molecular flexibility index (Phi) is 5.25. The molecule has 1 aromatic heterocycles. The largest absolute Gasteiger partial charge is 0.309 e. The first-order valence-corrected chi connectivity index (χ1v) is 9.32. The average Bonchev–Trinajstić information content (AvgIpc) is 2.83. The lowest BCUT2D eigenvalue weighted by atomic mass is 10.1. The molecule has 19 heavy (non-hydrogen) atoms. The van der Waals surface area contributed by atoms with Gasteiger partial charge >= 0.3 is 0 Å². The lowest BCUT2D eigenvalue weighted by Crippen LogP contribution is -2.45. The van der Waals surface area contributed by atoms with Crippen LogP contribution in [0, 0.1) is 0 Å². The smallest absolute Gasteiger partial charge is 0.213 e. The Labute approximate surface area is 123 Å². The van der Waals surface area contributed by atoms with Crippen LogP contribution in [0.1, 0.15) is 24.6 Å². The first-order valence-electron chi connectivity index (χ1n) is 6.45. The second kappa shape index (κ2) is 6.54. The quantitative estimate of drug-likeness (QED) is 0.905. The van der Waals surface area contributed by atoms with Gasteiger partial charge in [0.15, 0.2) is 0 Å². The summed E-state index contributed by atoms with van der Waals surface area (Å²) in [6, 6.07) is 2.36. The Morgan fingerprint density at radius 2 is 2.16 bits per heavy atom. The summed E-state index contributed by atoms with van der Waals surface area (Å²) < 4.78 is 25.1. The van der Waals surface area contributed by atoms with E-state index in [1.54, 1.807) is 22.6 Å². The maximum atomic E-state index is 11.7. The molecule has 4 nitrogen and oxygen atoms in total. The third-order valence-corrected chi connectivity index (χ3v) is 6.56. The molecular formula is C12H19ClN2O2S2. The number of hydrogen-bond acceptors (Lipinski definition) is 4. The van der Waals surface area contributed by atoms with Crippen LogP contribution in [0.5, 0.6) is 0 Å². The Morgan fingerprint density at radius 1 is 1.47 bits per heavy atom. The third-order valence-electron chi connectivity index (χ3n) is 3.40. The number of nitrogens with one attached hydrogen (secondary N) is 1. The summed E-state index contributed by atoms with van der Waals surface area (Å²) in [4.78, 5) is 1.22. The predicted molar refractivity (Wildman–Crippen MR) is 80.2 cm³/mol. The molecule has 1 aromatic rings.